The zero-order chi connectivity index (χ0) is 14.2. The maximum Gasteiger partial charge on any atom is 0.277 e. The molecule has 1 amide bonds. The lowest BCUT2D eigenvalue weighted by Crippen LogP contribution is -2.24. The van der Waals surface area contributed by atoms with Gasteiger partial charge < -0.3 is 4.74 Å². The monoisotopic (exact) mass is 273 g/mol. The van der Waals surface area contributed by atoms with Crippen molar-refractivity contribution >= 4 is 12.1 Å². The van der Waals surface area contributed by atoms with Gasteiger partial charge in [0.2, 0.25) is 0 Å². The number of halogens is 1. The molecule has 0 saturated carbocycles. The second-order valence-electron chi connectivity index (χ2n) is 3.79. The highest BCUT2D eigenvalue weighted by Crippen LogP contribution is 2.14. The molecule has 1 aromatic heterocycles. The van der Waals surface area contributed by atoms with Gasteiger partial charge in [0.15, 0.2) is 18.2 Å². The molecule has 0 aliphatic heterocycles. The molecule has 1 aromatic carbocycles. The molecule has 102 valence electrons. The minimum atomic E-state index is -0.513. The number of carbonyl (C=O) groups excluding carboxylic acids is 1. The van der Waals surface area contributed by atoms with E-state index in [4.69, 9.17) is 4.74 Å². The number of aromatic nitrogens is 1. The summed E-state index contributed by atoms with van der Waals surface area (Å²) in [6.07, 6.45) is 4.71. The first-order valence-electron chi connectivity index (χ1n) is 5.85. The molecular formula is C14H12FN3O2. The maximum atomic E-state index is 13.2. The highest BCUT2D eigenvalue weighted by Gasteiger charge is 2.04. The van der Waals surface area contributed by atoms with E-state index in [-0.39, 0.29) is 12.4 Å². The van der Waals surface area contributed by atoms with Crippen LogP contribution in [0, 0.1) is 5.82 Å². The Balaban J connectivity index is 1.79. The maximum absolute atomic E-state index is 13.2. The fourth-order valence-corrected chi connectivity index (χ4v) is 1.37. The largest absolute Gasteiger partial charge is 0.481 e. The third-order valence-corrected chi connectivity index (χ3v) is 2.30. The molecule has 1 N–H and O–H groups in total. The number of rotatable bonds is 5. The van der Waals surface area contributed by atoms with Crippen molar-refractivity contribution in [2.45, 2.75) is 0 Å². The summed E-state index contributed by atoms with van der Waals surface area (Å²) in [5, 5.41) is 3.75. The molecule has 0 unspecified atom stereocenters. The van der Waals surface area contributed by atoms with E-state index in [1.165, 1.54) is 18.3 Å². The van der Waals surface area contributed by atoms with E-state index >= 15 is 0 Å². The molecule has 2 aromatic rings. The van der Waals surface area contributed by atoms with Gasteiger partial charge in [-0.05, 0) is 29.8 Å². The minimum absolute atomic E-state index is 0.0285. The Labute approximate surface area is 115 Å². The van der Waals surface area contributed by atoms with Crippen molar-refractivity contribution in [1.29, 1.82) is 0 Å². The summed E-state index contributed by atoms with van der Waals surface area (Å²) < 4.78 is 18.3. The number of carbonyl (C=O) groups is 1. The SMILES string of the molecule is O=C(COc1ccccc1F)N/N=C\c1ccncc1. The van der Waals surface area contributed by atoms with Crippen LogP contribution in [0.25, 0.3) is 0 Å². The van der Waals surface area contributed by atoms with E-state index in [1.54, 1.807) is 36.7 Å². The van der Waals surface area contributed by atoms with Gasteiger partial charge in [0.05, 0.1) is 6.21 Å². The Hall–Kier alpha value is -2.76. The summed E-state index contributed by atoms with van der Waals surface area (Å²) >= 11 is 0. The molecule has 5 nitrogen and oxygen atoms in total. The van der Waals surface area contributed by atoms with Gasteiger partial charge in [-0.15, -0.1) is 0 Å². The summed E-state index contributed by atoms with van der Waals surface area (Å²) in [5.74, 6) is -0.958. The Bertz CT molecular complexity index is 602. The molecule has 2 rings (SSSR count). The Kier molecular flexibility index (Phi) is 4.77. The van der Waals surface area contributed by atoms with Crippen molar-refractivity contribution in [3.8, 4) is 5.75 Å². The molecule has 0 bridgehead atoms. The fourth-order valence-electron chi connectivity index (χ4n) is 1.37. The van der Waals surface area contributed by atoms with Gasteiger partial charge in [0.1, 0.15) is 0 Å². The molecular weight excluding hydrogens is 261 g/mol. The van der Waals surface area contributed by atoms with E-state index in [0.29, 0.717) is 0 Å². The van der Waals surface area contributed by atoms with Crippen molar-refractivity contribution in [1.82, 2.24) is 10.4 Å². The van der Waals surface area contributed by atoms with Crippen LogP contribution in [-0.2, 0) is 4.79 Å². The Morgan fingerprint density at radius 3 is 2.80 bits per heavy atom. The zero-order valence-corrected chi connectivity index (χ0v) is 10.5. The highest BCUT2D eigenvalue weighted by molar-refractivity contribution is 5.82. The Morgan fingerprint density at radius 1 is 1.30 bits per heavy atom. The second-order valence-corrected chi connectivity index (χ2v) is 3.79. The predicted octanol–water partition coefficient (Wildman–Crippen LogP) is 1.75. The van der Waals surface area contributed by atoms with Gasteiger partial charge in [-0.1, -0.05) is 12.1 Å². The summed E-state index contributed by atoms with van der Waals surface area (Å²) in [6.45, 7) is -0.311. The summed E-state index contributed by atoms with van der Waals surface area (Å²) in [7, 11) is 0. The van der Waals surface area contributed by atoms with Crippen LogP contribution in [0.15, 0.2) is 53.9 Å². The van der Waals surface area contributed by atoms with Gasteiger partial charge in [0.25, 0.3) is 5.91 Å². The van der Waals surface area contributed by atoms with Gasteiger partial charge in [-0.2, -0.15) is 5.10 Å². The van der Waals surface area contributed by atoms with Gasteiger partial charge >= 0.3 is 0 Å². The lowest BCUT2D eigenvalue weighted by molar-refractivity contribution is -0.123. The quantitative estimate of drug-likeness (QED) is 0.666. The molecule has 0 aliphatic carbocycles. The first kappa shape index (κ1) is 13.7. The number of ether oxygens (including phenoxy) is 1. The zero-order valence-electron chi connectivity index (χ0n) is 10.5. The summed E-state index contributed by atoms with van der Waals surface area (Å²) in [6, 6.07) is 9.36. The number of pyridine rings is 1. The minimum Gasteiger partial charge on any atom is -0.481 e. The smallest absolute Gasteiger partial charge is 0.277 e. The van der Waals surface area contributed by atoms with Crippen LogP contribution in [0.2, 0.25) is 0 Å². The van der Waals surface area contributed by atoms with Crippen molar-refractivity contribution < 1.29 is 13.9 Å². The summed E-state index contributed by atoms with van der Waals surface area (Å²) in [5.41, 5.74) is 3.08. The third kappa shape index (κ3) is 4.16. The predicted molar refractivity (Wildman–Crippen MR) is 71.9 cm³/mol. The first-order chi connectivity index (χ1) is 9.75. The van der Waals surface area contributed by atoms with Crippen molar-refractivity contribution in [2.24, 2.45) is 5.10 Å². The molecule has 20 heavy (non-hydrogen) atoms. The number of hydrogen-bond acceptors (Lipinski definition) is 4. The number of hydrazone groups is 1. The Morgan fingerprint density at radius 2 is 2.05 bits per heavy atom. The van der Waals surface area contributed by atoms with Crippen LogP contribution in [0.4, 0.5) is 4.39 Å². The van der Waals surface area contributed by atoms with Crippen LogP contribution >= 0.6 is 0 Å². The number of nitrogens with one attached hydrogen (secondary N) is 1. The molecule has 0 atom stereocenters. The number of hydrogen-bond donors (Lipinski definition) is 1. The van der Waals surface area contributed by atoms with Gasteiger partial charge in [-0.3, -0.25) is 9.78 Å². The van der Waals surface area contributed by atoms with Crippen LogP contribution in [-0.4, -0.2) is 23.7 Å². The molecule has 0 radical (unpaired) electrons. The molecule has 0 saturated heterocycles. The molecule has 6 heteroatoms. The average molecular weight is 273 g/mol. The molecule has 0 fully saturated rings. The molecule has 0 aliphatic rings. The lowest BCUT2D eigenvalue weighted by Gasteiger charge is -2.05. The van der Waals surface area contributed by atoms with Crippen LogP contribution in [0.3, 0.4) is 0 Å². The highest BCUT2D eigenvalue weighted by atomic mass is 19.1. The number of para-hydroxylation sites is 1. The first-order valence-corrected chi connectivity index (χ1v) is 5.85. The van der Waals surface area contributed by atoms with Crippen molar-refractivity contribution in [3.63, 3.8) is 0 Å². The fraction of sp³-hybridized carbons (Fsp3) is 0.0714. The van der Waals surface area contributed by atoms with Gasteiger partial charge in [0, 0.05) is 12.4 Å². The lowest BCUT2D eigenvalue weighted by atomic mass is 10.3. The number of benzene rings is 1. The van der Waals surface area contributed by atoms with E-state index in [9.17, 15) is 9.18 Å². The van der Waals surface area contributed by atoms with E-state index in [0.717, 1.165) is 5.56 Å². The summed E-state index contributed by atoms with van der Waals surface area (Å²) in [4.78, 5) is 15.3. The van der Waals surface area contributed by atoms with E-state index in [2.05, 4.69) is 15.5 Å². The van der Waals surface area contributed by atoms with Crippen molar-refractivity contribution in [3.05, 3.63) is 60.2 Å². The molecule has 0 spiro atoms. The average Bonchev–Trinajstić information content (AvgIpc) is 2.47. The van der Waals surface area contributed by atoms with Crippen LogP contribution in [0.5, 0.6) is 5.75 Å². The number of amides is 1. The van der Waals surface area contributed by atoms with Crippen LogP contribution in [0.1, 0.15) is 5.56 Å². The van der Waals surface area contributed by atoms with Crippen LogP contribution < -0.4 is 10.2 Å². The topological polar surface area (TPSA) is 63.6 Å². The van der Waals surface area contributed by atoms with Crippen molar-refractivity contribution in [2.75, 3.05) is 6.61 Å². The van der Waals surface area contributed by atoms with Gasteiger partial charge in [-0.25, -0.2) is 9.82 Å². The van der Waals surface area contributed by atoms with E-state index < -0.39 is 11.7 Å². The third-order valence-electron chi connectivity index (χ3n) is 2.30. The van der Waals surface area contributed by atoms with E-state index in [1.807, 2.05) is 0 Å². The standard InChI is InChI=1S/C14H12FN3O2/c15-12-3-1-2-4-13(12)20-10-14(19)18-17-9-11-5-7-16-8-6-11/h1-9H,10H2,(H,18,19)/b17-9-. The normalized spacial score (nSPS) is 10.4. The second kappa shape index (κ2) is 6.98. The molecule has 1 heterocycles. The number of nitrogens with zero attached hydrogens (tertiary/aromatic N) is 2.